The van der Waals surface area contributed by atoms with Crippen molar-refractivity contribution in [2.24, 2.45) is 0 Å². The first-order chi connectivity index (χ1) is 17.7. The van der Waals surface area contributed by atoms with E-state index in [0.717, 1.165) is 38.2 Å². The largest absolute Gasteiger partial charge is 0.335 e. The van der Waals surface area contributed by atoms with Crippen molar-refractivity contribution in [2.75, 3.05) is 17.2 Å². The van der Waals surface area contributed by atoms with E-state index in [9.17, 15) is 4.79 Å². The molecule has 0 N–H and O–H groups in total. The van der Waals surface area contributed by atoms with Crippen LogP contribution in [0.1, 0.15) is 25.3 Å². The van der Waals surface area contributed by atoms with E-state index in [-0.39, 0.29) is 5.12 Å². The number of aromatic nitrogens is 2. The van der Waals surface area contributed by atoms with Crippen LogP contribution in [-0.2, 0) is 17.9 Å². The Hall–Kier alpha value is -3.09. The quantitative estimate of drug-likeness (QED) is 0.200. The van der Waals surface area contributed by atoms with E-state index in [1.165, 1.54) is 43.8 Å². The molecule has 6 heteroatoms. The second-order valence-electron chi connectivity index (χ2n) is 8.85. The monoisotopic (exact) mass is 513 g/mol. The van der Waals surface area contributed by atoms with Crippen molar-refractivity contribution in [1.29, 1.82) is 0 Å². The summed E-state index contributed by atoms with van der Waals surface area (Å²) in [4.78, 5) is 15.1. The fraction of sp³-hybridized carbons (Fsp3) is 0.233. The second-order valence-corrected chi connectivity index (χ2v) is 11.2. The summed E-state index contributed by atoms with van der Waals surface area (Å²) in [7, 11) is 0. The van der Waals surface area contributed by atoms with Crippen LogP contribution < -0.4 is 14.0 Å². The molecule has 0 radical (unpaired) electrons. The van der Waals surface area contributed by atoms with Gasteiger partial charge in [0.05, 0.1) is 22.5 Å². The van der Waals surface area contributed by atoms with Gasteiger partial charge in [-0.05, 0) is 36.3 Å². The van der Waals surface area contributed by atoms with Crippen LogP contribution in [0.3, 0.4) is 0 Å². The molecule has 0 unspecified atom stereocenters. The van der Waals surface area contributed by atoms with E-state index < -0.39 is 0 Å². The van der Waals surface area contributed by atoms with Crippen LogP contribution in [0.25, 0.3) is 17.0 Å². The molecule has 5 rings (SSSR count). The Balaban J connectivity index is 1.39. The molecule has 2 aromatic heterocycles. The van der Waals surface area contributed by atoms with E-state index in [1.807, 2.05) is 11.8 Å². The molecule has 0 saturated heterocycles. The van der Waals surface area contributed by atoms with Gasteiger partial charge in [0, 0.05) is 48.4 Å². The molecule has 2 aromatic carbocycles. The standard InChI is InChI=1S/C30H31N3OS2/c1-24(34)35-22-10-20-33-28-13-5-6-14-29(28)36-30(33)23-25-15-21-32(27-12-4-3-11-26(25)27)19-9-18-31-16-7-2-8-17-31/h2-8,11-17,21,23H,9-10,18-20,22H2,1H3/q+2. The minimum atomic E-state index is 0.188. The van der Waals surface area contributed by atoms with E-state index in [4.69, 9.17) is 0 Å². The van der Waals surface area contributed by atoms with Crippen LogP contribution in [0, 0.1) is 0 Å². The van der Waals surface area contributed by atoms with Gasteiger partial charge in [0.1, 0.15) is 0 Å². The van der Waals surface area contributed by atoms with E-state index in [2.05, 4.69) is 111 Å². The number of hydrogen-bond donors (Lipinski definition) is 0. The summed E-state index contributed by atoms with van der Waals surface area (Å²) in [5, 5.41) is 2.70. The molecule has 4 aromatic rings. The molecule has 0 atom stereocenters. The summed E-state index contributed by atoms with van der Waals surface area (Å²) in [6.45, 7) is 4.52. The van der Waals surface area contributed by atoms with Gasteiger partial charge in [-0.2, -0.15) is 4.57 Å². The SMILES string of the molecule is CC(=O)SCCCN1/C(=C/c2cc[n+](CCC[n+]3ccccc3)c3ccccc23)Sc2ccccc21. The average molecular weight is 514 g/mol. The van der Waals surface area contributed by atoms with E-state index in [0.29, 0.717) is 0 Å². The smallest absolute Gasteiger partial charge is 0.213 e. The molecule has 0 bridgehead atoms. The fourth-order valence-corrected chi connectivity index (χ4v) is 6.30. The third-order valence-electron chi connectivity index (χ3n) is 6.30. The van der Waals surface area contributed by atoms with Crippen LogP contribution >= 0.6 is 23.5 Å². The Bertz CT molecular complexity index is 1390. The van der Waals surface area contributed by atoms with Gasteiger partial charge >= 0.3 is 0 Å². The highest BCUT2D eigenvalue weighted by Gasteiger charge is 2.25. The molecule has 36 heavy (non-hydrogen) atoms. The molecule has 1 aliphatic heterocycles. The molecule has 0 aliphatic carbocycles. The minimum absolute atomic E-state index is 0.188. The van der Waals surface area contributed by atoms with Gasteiger partial charge in [-0.1, -0.05) is 53.9 Å². The Morgan fingerprint density at radius 1 is 0.917 bits per heavy atom. The molecule has 1 aliphatic rings. The van der Waals surface area contributed by atoms with Gasteiger partial charge < -0.3 is 4.90 Å². The lowest BCUT2D eigenvalue weighted by atomic mass is 10.1. The van der Waals surface area contributed by atoms with Crippen molar-refractivity contribution >= 4 is 51.3 Å². The topological polar surface area (TPSA) is 28.1 Å². The highest BCUT2D eigenvalue weighted by atomic mass is 32.2. The first kappa shape index (κ1) is 24.6. The highest BCUT2D eigenvalue weighted by Crippen LogP contribution is 2.46. The Kier molecular flexibility index (Phi) is 8.04. The van der Waals surface area contributed by atoms with Crippen LogP contribution in [0.2, 0.25) is 0 Å². The number of anilines is 1. The fourth-order valence-electron chi connectivity index (χ4n) is 4.60. The molecule has 0 saturated carbocycles. The molecule has 0 amide bonds. The number of para-hydroxylation sites is 2. The summed E-state index contributed by atoms with van der Waals surface area (Å²) < 4.78 is 4.61. The molecule has 0 fully saturated rings. The lowest BCUT2D eigenvalue weighted by Gasteiger charge is -2.20. The van der Waals surface area contributed by atoms with Gasteiger partial charge in [0.2, 0.25) is 5.52 Å². The van der Waals surface area contributed by atoms with Crippen molar-refractivity contribution in [1.82, 2.24) is 0 Å². The normalized spacial score (nSPS) is 13.9. The summed E-state index contributed by atoms with van der Waals surface area (Å²) in [5.41, 5.74) is 3.75. The van der Waals surface area contributed by atoms with E-state index >= 15 is 0 Å². The predicted molar refractivity (Wildman–Crippen MR) is 151 cm³/mol. The maximum absolute atomic E-state index is 11.4. The first-order valence-electron chi connectivity index (χ1n) is 12.4. The number of fused-ring (bicyclic) bond motifs is 2. The third kappa shape index (κ3) is 5.82. The van der Waals surface area contributed by atoms with Gasteiger partial charge in [-0.25, -0.2) is 4.57 Å². The number of rotatable bonds is 9. The number of carbonyl (C=O) groups excluding carboxylic acids is 1. The van der Waals surface area contributed by atoms with Crippen molar-refractivity contribution in [2.45, 2.75) is 37.8 Å². The van der Waals surface area contributed by atoms with Crippen molar-refractivity contribution in [3.63, 3.8) is 0 Å². The molecule has 3 heterocycles. The average Bonchev–Trinajstić information content (AvgIpc) is 3.25. The van der Waals surface area contributed by atoms with Crippen LogP contribution in [0.5, 0.6) is 0 Å². The van der Waals surface area contributed by atoms with Gasteiger partial charge in [-0.15, -0.1) is 0 Å². The number of aryl methyl sites for hydroxylation is 2. The maximum Gasteiger partial charge on any atom is 0.213 e. The van der Waals surface area contributed by atoms with Crippen LogP contribution in [-0.4, -0.2) is 17.4 Å². The number of benzene rings is 2. The Morgan fingerprint density at radius 3 is 2.58 bits per heavy atom. The molecular formula is C30H31N3OS2+2. The zero-order valence-corrected chi connectivity index (χ0v) is 22.2. The number of carbonyl (C=O) groups is 1. The van der Waals surface area contributed by atoms with Crippen LogP contribution in [0.4, 0.5) is 5.69 Å². The summed E-state index contributed by atoms with van der Waals surface area (Å²) >= 11 is 3.24. The van der Waals surface area contributed by atoms with Crippen LogP contribution in [0.15, 0.2) is 101 Å². The molecule has 182 valence electrons. The molecular weight excluding hydrogens is 482 g/mol. The summed E-state index contributed by atoms with van der Waals surface area (Å²) in [6.07, 6.45) is 10.8. The maximum atomic E-state index is 11.4. The van der Waals surface area contributed by atoms with Crippen molar-refractivity contribution in [3.8, 4) is 0 Å². The van der Waals surface area contributed by atoms with Crippen molar-refractivity contribution in [3.05, 3.63) is 102 Å². The summed E-state index contributed by atoms with van der Waals surface area (Å²) in [5.74, 6) is 0.849. The highest BCUT2D eigenvalue weighted by molar-refractivity contribution is 8.13. The first-order valence-corrected chi connectivity index (χ1v) is 14.2. The van der Waals surface area contributed by atoms with Crippen molar-refractivity contribution < 1.29 is 13.9 Å². The second kappa shape index (κ2) is 11.8. The van der Waals surface area contributed by atoms with Gasteiger partial charge in [0.25, 0.3) is 0 Å². The third-order valence-corrected chi connectivity index (χ3v) is 8.31. The zero-order valence-electron chi connectivity index (χ0n) is 20.5. The molecule has 0 spiro atoms. The van der Waals surface area contributed by atoms with Gasteiger partial charge in [-0.3, -0.25) is 4.79 Å². The molecule has 4 nitrogen and oxygen atoms in total. The number of nitrogens with zero attached hydrogens (tertiary/aromatic N) is 3. The Morgan fingerprint density at radius 2 is 1.72 bits per heavy atom. The number of hydrogen-bond acceptors (Lipinski definition) is 4. The number of thioether (sulfide) groups is 2. The summed E-state index contributed by atoms with van der Waals surface area (Å²) in [6, 6.07) is 25.8. The number of pyridine rings is 2. The zero-order chi connectivity index (χ0) is 24.7. The minimum Gasteiger partial charge on any atom is -0.335 e. The lowest BCUT2D eigenvalue weighted by molar-refractivity contribution is -0.717. The van der Waals surface area contributed by atoms with E-state index in [1.54, 1.807) is 6.92 Å². The predicted octanol–water partition coefficient (Wildman–Crippen LogP) is 6.09. The lowest BCUT2D eigenvalue weighted by Crippen LogP contribution is -2.39. The van der Waals surface area contributed by atoms with Gasteiger partial charge in [0.15, 0.2) is 36.8 Å². The Labute approximate surface area is 221 Å².